The van der Waals surface area contributed by atoms with Gasteiger partial charge in [0.1, 0.15) is 12.3 Å². The van der Waals surface area contributed by atoms with Gasteiger partial charge in [-0.25, -0.2) is 4.79 Å². The molecule has 1 aromatic carbocycles. The summed E-state index contributed by atoms with van der Waals surface area (Å²) in [6.07, 6.45) is 0. The molecule has 1 aromatic heterocycles. The number of carbonyl (C=O) groups excluding carboxylic acids is 2. The Bertz CT molecular complexity index is 829. The van der Waals surface area contributed by atoms with Gasteiger partial charge in [0, 0.05) is 11.3 Å². The van der Waals surface area contributed by atoms with E-state index >= 15 is 0 Å². The third-order valence-electron chi connectivity index (χ3n) is 3.81. The number of halogens is 2. The molecule has 0 unspecified atom stereocenters. The van der Waals surface area contributed by atoms with Crippen LogP contribution in [0.5, 0.6) is 11.5 Å². The molecule has 8 heteroatoms. The fourth-order valence-electron chi connectivity index (χ4n) is 2.70. The van der Waals surface area contributed by atoms with Crippen LogP contribution in [0.25, 0.3) is 0 Å². The lowest BCUT2D eigenvalue weighted by atomic mass is 10.1. The fourth-order valence-corrected chi connectivity index (χ4v) is 2.70. The molecule has 0 spiro atoms. The summed E-state index contributed by atoms with van der Waals surface area (Å²) >= 11 is 0. The first kappa shape index (κ1) is 19.4. The van der Waals surface area contributed by atoms with Gasteiger partial charge >= 0.3 is 12.6 Å². The second-order valence-corrected chi connectivity index (χ2v) is 5.62. The van der Waals surface area contributed by atoms with E-state index in [1.807, 2.05) is 0 Å². The summed E-state index contributed by atoms with van der Waals surface area (Å²) in [6.45, 7) is 1.72. The zero-order chi connectivity index (χ0) is 19.4. The number of ketones is 1. The molecule has 0 saturated heterocycles. The van der Waals surface area contributed by atoms with Crippen molar-refractivity contribution in [1.29, 1.82) is 0 Å². The second-order valence-electron chi connectivity index (χ2n) is 5.62. The van der Waals surface area contributed by atoms with Crippen molar-refractivity contribution in [1.82, 2.24) is 4.98 Å². The lowest BCUT2D eigenvalue weighted by Gasteiger charge is -2.11. The molecule has 0 radical (unpaired) electrons. The number of aromatic nitrogens is 1. The van der Waals surface area contributed by atoms with Crippen LogP contribution in [0.3, 0.4) is 0 Å². The van der Waals surface area contributed by atoms with Gasteiger partial charge in [-0.1, -0.05) is 6.07 Å². The monoisotopic (exact) mass is 367 g/mol. The minimum atomic E-state index is -2.97. The minimum absolute atomic E-state index is 0.100. The molecule has 2 rings (SSSR count). The van der Waals surface area contributed by atoms with Crippen molar-refractivity contribution in [3.05, 3.63) is 46.3 Å². The molecule has 0 amide bonds. The summed E-state index contributed by atoms with van der Waals surface area (Å²) in [7, 11) is 1.32. The molecule has 1 heterocycles. The van der Waals surface area contributed by atoms with E-state index in [0.717, 1.165) is 0 Å². The largest absolute Gasteiger partial charge is 0.493 e. The van der Waals surface area contributed by atoms with Crippen molar-refractivity contribution in [3.8, 4) is 11.5 Å². The molecule has 0 aliphatic carbocycles. The number of alkyl halides is 2. The number of methoxy groups -OCH3 is 1. The highest BCUT2D eigenvalue weighted by Crippen LogP contribution is 2.30. The number of nitrogens with one attached hydrogen (secondary N) is 1. The van der Waals surface area contributed by atoms with Crippen LogP contribution in [0.4, 0.5) is 8.78 Å². The van der Waals surface area contributed by atoms with Gasteiger partial charge in [0.25, 0.3) is 0 Å². The van der Waals surface area contributed by atoms with E-state index < -0.39 is 12.6 Å². The number of esters is 1. The van der Waals surface area contributed by atoms with Gasteiger partial charge in [-0.2, -0.15) is 8.78 Å². The Hall–Kier alpha value is -2.90. The standard InChI is InChI=1S/C18H19F2NO5/c1-9-15(11(3)22)10(2)21-16(9)17(23)25-8-12-5-6-13(26-18(19)20)14(7-12)24-4/h5-7,18,21H,8H2,1-4H3. The highest BCUT2D eigenvalue weighted by Gasteiger charge is 2.21. The lowest BCUT2D eigenvalue weighted by Crippen LogP contribution is -2.08. The van der Waals surface area contributed by atoms with Gasteiger partial charge < -0.3 is 19.2 Å². The summed E-state index contributed by atoms with van der Waals surface area (Å²) in [6, 6.07) is 4.24. The topological polar surface area (TPSA) is 77.6 Å². The molecule has 0 atom stereocenters. The summed E-state index contributed by atoms with van der Waals surface area (Å²) in [5, 5.41) is 0. The Labute approximate surface area is 149 Å². The molecule has 6 nitrogen and oxygen atoms in total. The summed E-state index contributed by atoms with van der Waals surface area (Å²) in [5.41, 5.74) is 2.32. The van der Waals surface area contributed by atoms with Crippen LogP contribution in [0.15, 0.2) is 18.2 Å². The second kappa shape index (κ2) is 7.99. The molecule has 26 heavy (non-hydrogen) atoms. The Morgan fingerprint density at radius 3 is 2.42 bits per heavy atom. The number of Topliss-reactive ketones (excluding diaryl/α,β-unsaturated/α-hetero) is 1. The van der Waals surface area contributed by atoms with Crippen molar-refractivity contribution >= 4 is 11.8 Å². The van der Waals surface area contributed by atoms with Crippen LogP contribution in [0, 0.1) is 13.8 Å². The highest BCUT2D eigenvalue weighted by atomic mass is 19.3. The molecule has 0 bridgehead atoms. The predicted octanol–water partition coefficient (Wildman–Crippen LogP) is 3.80. The minimum Gasteiger partial charge on any atom is -0.493 e. The number of benzene rings is 1. The fraction of sp³-hybridized carbons (Fsp3) is 0.333. The van der Waals surface area contributed by atoms with Gasteiger partial charge in [0.15, 0.2) is 17.3 Å². The average molecular weight is 367 g/mol. The van der Waals surface area contributed by atoms with Gasteiger partial charge in [0.05, 0.1) is 7.11 Å². The first-order valence-corrected chi connectivity index (χ1v) is 7.73. The summed E-state index contributed by atoms with van der Waals surface area (Å²) in [5.74, 6) is -0.774. The molecule has 2 aromatic rings. The van der Waals surface area contributed by atoms with Crippen molar-refractivity contribution < 1.29 is 32.6 Å². The maximum Gasteiger partial charge on any atom is 0.387 e. The smallest absolute Gasteiger partial charge is 0.387 e. The van der Waals surface area contributed by atoms with Crippen molar-refractivity contribution in [2.24, 2.45) is 0 Å². The number of hydrogen-bond donors (Lipinski definition) is 1. The summed E-state index contributed by atoms with van der Waals surface area (Å²) < 4.78 is 39.2. The molecule has 140 valence electrons. The van der Waals surface area contributed by atoms with E-state index in [1.165, 1.54) is 32.2 Å². The normalized spacial score (nSPS) is 10.7. The third-order valence-corrected chi connectivity index (χ3v) is 3.81. The third kappa shape index (κ3) is 4.19. The van der Waals surface area contributed by atoms with Crippen LogP contribution in [-0.2, 0) is 11.3 Å². The van der Waals surface area contributed by atoms with E-state index in [4.69, 9.17) is 9.47 Å². The number of H-pyrrole nitrogens is 1. The van der Waals surface area contributed by atoms with Crippen molar-refractivity contribution in [3.63, 3.8) is 0 Å². The number of aryl methyl sites for hydroxylation is 1. The molecule has 0 aliphatic rings. The average Bonchev–Trinajstić information content (AvgIpc) is 2.87. The van der Waals surface area contributed by atoms with E-state index in [9.17, 15) is 18.4 Å². The zero-order valence-electron chi connectivity index (χ0n) is 14.8. The van der Waals surface area contributed by atoms with Crippen LogP contribution < -0.4 is 9.47 Å². The number of rotatable bonds is 7. The molecule has 0 aliphatic heterocycles. The van der Waals surface area contributed by atoms with Gasteiger partial charge in [0.2, 0.25) is 0 Å². The molecule has 0 saturated carbocycles. The van der Waals surface area contributed by atoms with E-state index in [0.29, 0.717) is 22.4 Å². The molecule has 0 fully saturated rings. The van der Waals surface area contributed by atoms with Crippen molar-refractivity contribution in [2.45, 2.75) is 34.0 Å². The van der Waals surface area contributed by atoms with Gasteiger partial charge in [-0.3, -0.25) is 4.79 Å². The Kier molecular flexibility index (Phi) is 5.97. The maximum absolute atomic E-state index is 12.3. The predicted molar refractivity (Wildman–Crippen MR) is 89.0 cm³/mol. The van der Waals surface area contributed by atoms with Crippen LogP contribution >= 0.6 is 0 Å². The molecular weight excluding hydrogens is 348 g/mol. The first-order chi connectivity index (χ1) is 12.2. The molecule has 1 N–H and O–H groups in total. The molecular formula is C18H19F2NO5. The first-order valence-electron chi connectivity index (χ1n) is 7.73. The van der Waals surface area contributed by atoms with Crippen LogP contribution in [-0.4, -0.2) is 30.5 Å². The van der Waals surface area contributed by atoms with Gasteiger partial charge in [-0.15, -0.1) is 0 Å². The van der Waals surface area contributed by atoms with Crippen LogP contribution in [0.1, 0.15) is 44.6 Å². The highest BCUT2D eigenvalue weighted by molar-refractivity contribution is 6.01. The van der Waals surface area contributed by atoms with E-state index in [-0.39, 0.29) is 29.6 Å². The number of ether oxygens (including phenoxy) is 3. The Balaban J connectivity index is 2.13. The number of aromatic amines is 1. The SMILES string of the molecule is COc1cc(COC(=O)c2[nH]c(C)c(C(C)=O)c2C)ccc1OC(F)F. The van der Waals surface area contributed by atoms with E-state index in [1.54, 1.807) is 13.8 Å². The van der Waals surface area contributed by atoms with E-state index in [2.05, 4.69) is 9.72 Å². The zero-order valence-corrected chi connectivity index (χ0v) is 14.8. The quantitative estimate of drug-likeness (QED) is 0.595. The maximum atomic E-state index is 12.3. The van der Waals surface area contributed by atoms with Crippen LogP contribution in [0.2, 0.25) is 0 Å². The number of carbonyl (C=O) groups is 2. The van der Waals surface area contributed by atoms with Crippen molar-refractivity contribution in [2.75, 3.05) is 7.11 Å². The summed E-state index contributed by atoms with van der Waals surface area (Å²) in [4.78, 5) is 26.8. The Morgan fingerprint density at radius 2 is 1.88 bits per heavy atom. The Morgan fingerprint density at radius 1 is 1.19 bits per heavy atom. The lowest BCUT2D eigenvalue weighted by molar-refractivity contribution is -0.0512. The van der Waals surface area contributed by atoms with Gasteiger partial charge in [-0.05, 0) is 44.0 Å². The number of hydrogen-bond acceptors (Lipinski definition) is 5.